The van der Waals surface area contributed by atoms with E-state index < -0.39 is 17.7 Å². The summed E-state index contributed by atoms with van der Waals surface area (Å²) in [4.78, 5) is 11.9. The van der Waals surface area contributed by atoms with E-state index in [0.29, 0.717) is 16.4 Å². The Morgan fingerprint density at radius 3 is 2.77 bits per heavy atom. The van der Waals surface area contributed by atoms with Crippen molar-refractivity contribution in [3.05, 3.63) is 46.7 Å². The Labute approximate surface area is 130 Å². The fourth-order valence-corrected chi connectivity index (χ4v) is 2.12. The summed E-state index contributed by atoms with van der Waals surface area (Å²) in [6.07, 6.45) is -4.42. The van der Waals surface area contributed by atoms with Gasteiger partial charge >= 0.3 is 12.1 Å². The SMILES string of the molecule is CC1=C(C(=O)OCc2cccc(C(F)(F)F)c2)CNC(=S)N1. The van der Waals surface area contributed by atoms with Gasteiger partial charge in [-0.15, -0.1) is 0 Å². The molecule has 0 unspecified atom stereocenters. The van der Waals surface area contributed by atoms with Crippen LogP contribution >= 0.6 is 12.2 Å². The van der Waals surface area contributed by atoms with E-state index in [1.54, 1.807) is 6.92 Å². The molecule has 0 spiro atoms. The zero-order chi connectivity index (χ0) is 16.3. The van der Waals surface area contributed by atoms with Crippen molar-refractivity contribution in [3.63, 3.8) is 0 Å². The Morgan fingerprint density at radius 2 is 2.14 bits per heavy atom. The van der Waals surface area contributed by atoms with Gasteiger partial charge in [-0.25, -0.2) is 4.79 Å². The van der Waals surface area contributed by atoms with E-state index in [2.05, 4.69) is 10.6 Å². The molecular formula is C14H13F3N2O2S. The van der Waals surface area contributed by atoms with Gasteiger partial charge in [0.1, 0.15) is 6.61 Å². The zero-order valence-electron chi connectivity index (χ0n) is 11.6. The number of carbonyl (C=O) groups excluding carboxylic acids is 1. The van der Waals surface area contributed by atoms with E-state index in [0.717, 1.165) is 12.1 Å². The number of allylic oxidation sites excluding steroid dienone is 1. The van der Waals surface area contributed by atoms with Gasteiger partial charge in [0.05, 0.1) is 17.7 Å². The molecule has 0 radical (unpaired) electrons. The molecule has 0 saturated carbocycles. The van der Waals surface area contributed by atoms with Gasteiger partial charge in [-0.2, -0.15) is 13.2 Å². The number of rotatable bonds is 3. The Hall–Kier alpha value is -2.09. The summed E-state index contributed by atoms with van der Waals surface area (Å²) >= 11 is 4.90. The topological polar surface area (TPSA) is 50.4 Å². The minimum Gasteiger partial charge on any atom is -0.457 e. The lowest BCUT2D eigenvalue weighted by atomic mass is 10.1. The molecular weight excluding hydrogens is 317 g/mol. The number of hydrogen-bond acceptors (Lipinski definition) is 3. The molecule has 0 aromatic heterocycles. The quantitative estimate of drug-likeness (QED) is 0.659. The van der Waals surface area contributed by atoms with Crippen molar-refractivity contribution < 1.29 is 22.7 Å². The lowest BCUT2D eigenvalue weighted by molar-refractivity contribution is -0.140. The molecule has 0 fully saturated rings. The Morgan fingerprint density at radius 1 is 1.41 bits per heavy atom. The minimum atomic E-state index is -4.42. The van der Waals surface area contributed by atoms with Crippen LogP contribution in [0.2, 0.25) is 0 Å². The molecule has 1 aromatic rings. The summed E-state index contributed by atoms with van der Waals surface area (Å²) in [6, 6.07) is 4.67. The minimum absolute atomic E-state index is 0.221. The lowest BCUT2D eigenvalue weighted by Gasteiger charge is -2.20. The lowest BCUT2D eigenvalue weighted by Crippen LogP contribution is -2.42. The molecule has 2 rings (SSSR count). The second-order valence-corrected chi connectivity index (χ2v) is 5.09. The predicted molar refractivity (Wildman–Crippen MR) is 77.7 cm³/mol. The molecule has 0 aliphatic carbocycles. The van der Waals surface area contributed by atoms with Gasteiger partial charge in [0.25, 0.3) is 0 Å². The van der Waals surface area contributed by atoms with Crippen molar-refractivity contribution in [1.29, 1.82) is 0 Å². The first-order chi connectivity index (χ1) is 10.3. The third-order valence-corrected chi connectivity index (χ3v) is 3.30. The number of thiocarbonyl (C=S) groups is 1. The highest BCUT2D eigenvalue weighted by molar-refractivity contribution is 7.80. The van der Waals surface area contributed by atoms with Crippen LogP contribution in [0.15, 0.2) is 35.5 Å². The van der Waals surface area contributed by atoms with Crippen molar-refractivity contribution in [1.82, 2.24) is 10.6 Å². The average molecular weight is 330 g/mol. The van der Waals surface area contributed by atoms with E-state index in [4.69, 9.17) is 17.0 Å². The van der Waals surface area contributed by atoms with Crippen molar-refractivity contribution >= 4 is 23.3 Å². The molecule has 118 valence electrons. The highest BCUT2D eigenvalue weighted by Gasteiger charge is 2.30. The van der Waals surface area contributed by atoms with Crippen molar-refractivity contribution in [2.24, 2.45) is 0 Å². The number of halogens is 3. The Bertz CT molecular complexity index is 641. The van der Waals surface area contributed by atoms with Crippen LogP contribution in [0.5, 0.6) is 0 Å². The number of nitrogens with one attached hydrogen (secondary N) is 2. The molecule has 22 heavy (non-hydrogen) atoms. The van der Waals surface area contributed by atoms with Crippen LogP contribution in [0.25, 0.3) is 0 Å². The smallest absolute Gasteiger partial charge is 0.416 e. The molecule has 1 heterocycles. The Balaban J connectivity index is 2.03. The van der Waals surface area contributed by atoms with Crippen LogP contribution in [-0.2, 0) is 22.3 Å². The zero-order valence-corrected chi connectivity index (χ0v) is 12.4. The maximum atomic E-state index is 12.6. The van der Waals surface area contributed by atoms with Crippen molar-refractivity contribution in [2.45, 2.75) is 19.7 Å². The molecule has 0 saturated heterocycles. The largest absolute Gasteiger partial charge is 0.457 e. The number of esters is 1. The molecule has 1 aromatic carbocycles. The van der Waals surface area contributed by atoms with Crippen molar-refractivity contribution in [2.75, 3.05) is 6.54 Å². The third-order valence-electron chi connectivity index (χ3n) is 3.05. The standard InChI is InChI=1S/C14H13F3N2O2S/c1-8-11(6-18-13(22)19-8)12(20)21-7-9-3-2-4-10(5-9)14(15,16)17/h2-5H,6-7H2,1H3,(H2,18,19,22). The normalized spacial score (nSPS) is 15.2. The fraction of sp³-hybridized carbons (Fsp3) is 0.286. The van der Waals surface area contributed by atoms with Crippen LogP contribution in [0.1, 0.15) is 18.1 Å². The summed E-state index contributed by atoms with van der Waals surface area (Å²) in [6.45, 7) is 1.66. The molecule has 1 aliphatic rings. The summed E-state index contributed by atoms with van der Waals surface area (Å²) in [7, 11) is 0. The van der Waals surface area contributed by atoms with Crippen LogP contribution in [0.3, 0.4) is 0 Å². The van der Waals surface area contributed by atoms with Gasteiger partial charge in [0, 0.05) is 5.70 Å². The highest BCUT2D eigenvalue weighted by atomic mass is 32.1. The summed E-state index contributed by atoms with van der Waals surface area (Å²) < 4.78 is 42.9. The molecule has 1 aliphatic heterocycles. The number of hydrogen-bond donors (Lipinski definition) is 2. The second kappa shape index (κ2) is 6.35. The second-order valence-electron chi connectivity index (χ2n) is 4.69. The number of ether oxygens (including phenoxy) is 1. The van der Waals surface area contributed by atoms with Crippen LogP contribution in [0, 0.1) is 0 Å². The molecule has 0 bridgehead atoms. The monoisotopic (exact) mass is 330 g/mol. The molecule has 0 amide bonds. The van der Waals surface area contributed by atoms with E-state index in [1.807, 2.05) is 0 Å². The fourth-order valence-electron chi connectivity index (χ4n) is 1.89. The van der Waals surface area contributed by atoms with Gasteiger partial charge in [-0.1, -0.05) is 12.1 Å². The van der Waals surface area contributed by atoms with Crippen LogP contribution < -0.4 is 10.6 Å². The summed E-state index contributed by atoms with van der Waals surface area (Å²) in [5.74, 6) is -0.600. The molecule has 8 heteroatoms. The maximum absolute atomic E-state index is 12.6. The van der Waals surface area contributed by atoms with E-state index in [1.165, 1.54) is 12.1 Å². The van der Waals surface area contributed by atoms with E-state index in [9.17, 15) is 18.0 Å². The van der Waals surface area contributed by atoms with Crippen LogP contribution in [-0.4, -0.2) is 17.6 Å². The molecule has 4 nitrogen and oxygen atoms in total. The van der Waals surface area contributed by atoms with Gasteiger partial charge < -0.3 is 15.4 Å². The first-order valence-electron chi connectivity index (χ1n) is 6.35. The highest BCUT2D eigenvalue weighted by Crippen LogP contribution is 2.29. The van der Waals surface area contributed by atoms with E-state index in [-0.39, 0.29) is 18.7 Å². The Kier molecular flexibility index (Phi) is 4.70. The maximum Gasteiger partial charge on any atom is 0.416 e. The molecule has 0 atom stereocenters. The van der Waals surface area contributed by atoms with Gasteiger partial charge in [0.15, 0.2) is 5.11 Å². The number of benzene rings is 1. The van der Waals surface area contributed by atoms with Gasteiger partial charge in [0.2, 0.25) is 0 Å². The first-order valence-corrected chi connectivity index (χ1v) is 6.76. The number of alkyl halides is 3. The van der Waals surface area contributed by atoms with Crippen LogP contribution in [0.4, 0.5) is 13.2 Å². The molecule has 2 N–H and O–H groups in total. The summed E-state index contributed by atoms with van der Waals surface area (Å²) in [5, 5.41) is 5.98. The first kappa shape index (κ1) is 16.3. The van der Waals surface area contributed by atoms with Gasteiger partial charge in [-0.05, 0) is 36.8 Å². The van der Waals surface area contributed by atoms with Crippen molar-refractivity contribution in [3.8, 4) is 0 Å². The van der Waals surface area contributed by atoms with Gasteiger partial charge in [-0.3, -0.25) is 0 Å². The predicted octanol–water partition coefficient (Wildman–Crippen LogP) is 2.50. The third kappa shape index (κ3) is 3.97. The van der Waals surface area contributed by atoms with E-state index >= 15 is 0 Å². The average Bonchev–Trinajstić information content (AvgIpc) is 2.44. The number of carbonyl (C=O) groups is 1. The summed E-state index contributed by atoms with van der Waals surface area (Å²) in [5.41, 5.74) is 0.426.